The molecule has 2 rings (SSSR count). The quantitative estimate of drug-likeness (QED) is 0.427. The van der Waals surface area contributed by atoms with E-state index in [0.29, 0.717) is 0 Å². The third kappa shape index (κ3) is 4.32. The van der Waals surface area contributed by atoms with Crippen molar-refractivity contribution in [1.29, 1.82) is 0 Å². The lowest BCUT2D eigenvalue weighted by Gasteiger charge is -2.53. The molecule has 0 nitrogen and oxygen atoms in total. The van der Waals surface area contributed by atoms with E-state index in [1.54, 1.807) is 5.57 Å². The SMILES string of the molecule is CC(C)(C)C1=CC(C(C)(C)C)(C(C)(C)C)C=C(c2cccc(C(C)(C)C)c2)C1. The van der Waals surface area contributed by atoms with Crippen molar-refractivity contribution in [2.75, 3.05) is 0 Å². The van der Waals surface area contributed by atoms with Crippen molar-refractivity contribution < 1.29 is 0 Å². The molecule has 1 aromatic carbocycles. The van der Waals surface area contributed by atoms with Crippen LogP contribution in [0, 0.1) is 21.7 Å². The second kappa shape index (κ2) is 6.89. The third-order valence-electron chi connectivity index (χ3n) is 6.73. The van der Waals surface area contributed by atoms with Gasteiger partial charge in [0.2, 0.25) is 0 Å². The number of hydrogen-bond acceptors (Lipinski definition) is 0. The van der Waals surface area contributed by atoms with Crippen LogP contribution in [0.25, 0.3) is 5.57 Å². The Morgan fingerprint density at radius 1 is 0.679 bits per heavy atom. The highest BCUT2D eigenvalue weighted by Crippen LogP contribution is 2.59. The average molecular weight is 381 g/mol. The van der Waals surface area contributed by atoms with Gasteiger partial charge < -0.3 is 0 Å². The highest BCUT2D eigenvalue weighted by molar-refractivity contribution is 5.72. The van der Waals surface area contributed by atoms with Gasteiger partial charge in [0.15, 0.2) is 0 Å². The van der Waals surface area contributed by atoms with Gasteiger partial charge in [-0.2, -0.15) is 0 Å². The molecule has 0 spiro atoms. The zero-order valence-corrected chi connectivity index (χ0v) is 20.7. The molecule has 0 bridgehead atoms. The maximum Gasteiger partial charge on any atom is 0.0167 e. The fraction of sp³-hybridized carbons (Fsp3) is 0.643. The summed E-state index contributed by atoms with van der Waals surface area (Å²) in [7, 11) is 0. The Kier molecular flexibility index (Phi) is 5.66. The normalized spacial score (nSPS) is 18.6. The molecule has 0 saturated heterocycles. The van der Waals surface area contributed by atoms with E-state index in [9.17, 15) is 0 Å². The summed E-state index contributed by atoms with van der Waals surface area (Å²) in [4.78, 5) is 0. The lowest BCUT2D eigenvalue weighted by Crippen LogP contribution is -2.45. The molecular formula is C28H44. The first-order chi connectivity index (χ1) is 12.4. The van der Waals surface area contributed by atoms with E-state index >= 15 is 0 Å². The summed E-state index contributed by atoms with van der Waals surface area (Å²) in [6.45, 7) is 28.4. The van der Waals surface area contributed by atoms with E-state index in [-0.39, 0.29) is 27.1 Å². The number of hydrogen-bond donors (Lipinski definition) is 0. The maximum atomic E-state index is 2.63. The summed E-state index contributed by atoms with van der Waals surface area (Å²) in [5.41, 5.74) is 6.47. The topological polar surface area (TPSA) is 0 Å². The van der Waals surface area contributed by atoms with Crippen LogP contribution >= 0.6 is 0 Å². The van der Waals surface area contributed by atoms with Gasteiger partial charge in [0.1, 0.15) is 0 Å². The van der Waals surface area contributed by atoms with E-state index in [1.807, 2.05) is 0 Å². The molecule has 0 amide bonds. The van der Waals surface area contributed by atoms with Crippen molar-refractivity contribution in [3.63, 3.8) is 0 Å². The highest BCUT2D eigenvalue weighted by Gasteiger charge is 2.49. The van der Waals surface area contributed by atoms with Crippen LogP contribution < -0.4 is 0 Å². The molecule has 0 heterocycles. The molecule has 0 aromatic heterocycles. The van der Waals surface area contributed by atoms with Crippen LogP contribution in [0.4, 0.5) is 0 Å². The minimum Gasteiger partial charge on any atom is -0.0734 e. The second-order valence-corrected chi connectivity index (χ2v) is 13.0. The van der Waals surface area contributed by atoms with Crippen molar-refractivity contribution >= 4 is 5.57 Å². The lowest BCUT2D eigenvalue weighted by atomic mass is 9.50. The average Bonchev–Trinajstić information content (AvgIpc) is 2.51. The number of allylic oxidation sites excluding steroid dienone is 4. The van der Waals surface area contributed by atoms with Crippen LogP contribution in [-0.4, -0.2) is 0 Å². The maximum absolute atomic E-state index is 2.63. The van der Waals surface area contributed by atoms with Gasteiger partial charge in [0.25, 0.3) is 0 Å². The van der Waals surface area contributed by atoms with Crippen molar-refractivity contribution in [1.82, 2.24) is 0 Å². The summed E-state index contributed by atoms with van der Waals surface area (Å²) in [6, 6.07) is 9.24. The highest BCUT2D eigenvalue weighted by atomic mass is 14.5. The summed E-state index contributed by atoms with van der Waals surface area (Å²) in [6.07, 6.45) is 6.29. The summed E-state index contributed by atoms with van der Waals surface area (Å²) < 4.78 is 0. The van der Waals surface area contributed by atoms with Crippen LogP contribution in [0.2, 0.25) is 0 Å². The molecule has 0 fully saturated rings. The van der Waals surface area contributed by atoms with E-state index in [0.717, 1.165) is 6.42 Å². The largest absolute Gasteiger partial charge is 0.0734 e. The molecule has 28 heavy (non-hydrogen) atoms. The Morgan fingerprint density at radius 2 is 1.21 bits per heavy atom. The molecule has 0 heteroatoms. The van der Waals surface area contributed by atoms with Gasteiger partial charge in [-0.3, -0.25) is 0 Å². The standard InChI is InChI=1S/C28H44/c1-24(2,3)22-15-13-14-20(16-22)21-17-23(25(4,5)6)19-28(18-21,26(7,8)9)27(10,11)12/h13-16,18-19H,17H2,1-12H3. The molecule has 0 unspecified atom stereocenters. The summed E-state index contributed by atoms with van der Waals surface area (Å²) in [5, 5.41) is 0. The lowest BCUT2D eigenvalue weighted by molar-refractivity contribution is 0.0639. The number of rotatable bonds is 1. The van der Waals surface area contributed by atoms with E-state index in [4.69, 9.17) is 0 Å². The molecule has 0 radical (unpaired) electrons. The Bertz CT molecular complexity index is 757. The first-order valence-corrected chi connectivity index (χ1v) is 10.9. The van der Waals surface area contributed by atoms with Gasteiger partial charge in [-0.05, 0) is 44.8 Å². The van der Waals surface area contributed by atoms with E-state index < -0.39 is 0 Å². The van der Waals surface area contributed by atoms with Crippen LogP contribution in [0.3, 0.4) is 0 Å². The molecule has 0 aliphatic heterocycles. The van der Waals surface area contributed by atoms with Gasteiger partial charge in [-0.15, -0.1) is 0 Å². The fourth-order valence-electron chi connectivity index (χ4n) is 4.74. The third-order valence-corrected chi connectivity index (χ3v) is 6.73. The summed E-state index contributed by atoms with van der Waals surface area (Å²) in [5.74, 6) is 0. The van der Waals surface area contributed by atoms with Crippen LogP contribution in [-0.2, 0) is 5.41 Å². The fourth-order valence-corrected chi connectivity index (χ4v) is 4.74. The minimum absolute atomic E-state index is 0.00787. The minimum atomic E-state index is 0.00787. The molecule has 1 aliphatic rings. The Labute approximate surface area is 175 Å². The molecule has 1 aliphatic carbocycles. The monoisotopic (exact) mass is 380 g/mol. The zero-order valence-electron chi connectivity index (χ0n) is 20.7. The second-order valence-electron chi connectivity index (χ2n) is 13.0. The molecule has 0 atom stereocenters. The van der Waals surface area contributed by atoms with Crippen molar-refractivity contribution in [3.05, 3.63) is 53.1 Å². The zero-order chi connectivity index (χ0) is 21.8. The van der Waals surface area contributed by atoms with Crippen molar-refractivity contribution in [2.45, 2.75) is 94.9 Å². The van der Waals surface area contributed by atoms with Crippen molar-refractivity contribution in [3.8, 4) is 0 Å². The van der Waals surface area contributed by atoms with Gasteiger partial charge in [0.05, 0.1) is 0 Å². The van der Waals surface area contributed by atoms with Gasteiger partial charge in [-0.1, -0.05) is 125 Å². The van der Waals surface area contributed by atoms with Crippen LogP contribution in [0.5, 0.6) is 0 Å². The predicted molar refractivity (Wildman–Crippen MR) is 127 cm³/mol. The van der Waals surface area contributed by atoms with Crippen molar-refractivity contribution in [2.24, 2.45) is 21.7 Å². The van der Waals surface area contributed by atoms with Gasteiger partial charge in [0, 0.05) is 5.41 Å². The van der Waals surface area contributed by atoms with Crippen LogP contribution in [0.1, 0.15) is 101 Å². The molecule has 0 saturated carbocycles. The molecular weight excluding hydrogens is 336 g/mol. The summed E-state index contributed by atoms with van der Waals surface area (Å²) >= 11 is 0. The molecule has 1 aromatic rings. The Balaban J connectivity index is 2.77. The Morgan fingerprint density at radius 3 is 1.64 bits per heavy atom. The molecule has 156 valence electrons. The number of benzene rings is 1. The van der Waals surface area contributed by atoms with Gasteiger partial charge >= 0.3 is 0 Å². The predicted octanol–water partition coefficient (Wildman–Crippen LogP) is 8.82. The van der Waals surface area contributed by atoms with Crippen LogP contribution in [0.15, 0.2) is 42.0 Å². The Hall–Kier alpha value is -1.30. The smallest absolute Gasteiger partial charge is 0.0167 e. The van der Waals surface area contributed by atoms with E-state index in [2.05, 4.69) is 120 Å². The van der Waals surface area contributed by atoms with E-state index in [1.165, 1.54) is 16.7 Å². The first-order valence-electron chi connectivity index (χ1n) is 10.9. The molecule has 0 N–H and O–H groups in total. The van der Waals surface area contributed by atoms with Gasteiger partial charge in [-0.25, -0.2) is 0 Å². The first kappa shape index (κ1) is 23.0.